The van der Waals surface area contributed by atoms with Gasteiger partial charge in [-0.2, -0.15) is 0 Å². The first-order valence-electron chi connectivity index (χ1n) is 5.39. The highest BCUT2D eigenvalue weighted by Crippen LogP contribution is 2.31. The van der Waals surface area contributed by atoms with Crippen LogP contribution < -0.4 is 4.90 Å². The Hall–Kier alpha value is -1.40. The first-order chi connectivity index (χ1) is 8.60. The molecule has 5 nitrogen and oxygen atoms in total. The SMILES string of the molecule is C=CCN(CCOC)c1ccc(Br)cc1[N+](=O)[O-]. The highest BCUT2D eigenvalue weighted by molar-refractivity contribution is 9.10. The van der Waals surface area contributed by atoms with Crippen LogP contribution in [-0.2, 0) is 4.74 Å². The number of benzene rings is 1. The number of anilines is 1. The van der Waals surface area contributed by atoms with E-state index < -0.39 is 0 Å². The van der Waals surface area contributed by atoms with Gasteiger partial charge in [0.15, 0.2) is 0 Å². The summed E-state index contributed by atoms with van der Waals surface area (Å²) in [7, 11) is 1.60. The molecule has 0 aliphatic rings. The molecule has 0 aliphatic carbocycles. The van der Waals surface area contributed by atoms with E-state index in [1.54, 1.807) is 25.3 Å². The first-order valence-corrected chi connectivity index (χ1v) is 6.18. The van der Waals surface area contributed by atoms with Crippen LogP contribution in [0.25, 0.3) is 0 Å². The normalized spacial score (nSPS) is 10.1. The summed E-state index contributed by atoms with van der Waals surface area (Å²) in [4.78, 5) is 12.5. The highest BCUT2D eigenvalue weighted by atomic mass is 79.9. The molecular formula is C12H15BrN2O3. The molecule has 0 aromatic heterocycles. The zero-order valence-electron chi connectivity index (χ0n) is 10.1. The lowest BCUT2D eigenvalue weighted by Crippen LogP contribution is -2.27. The molecule has 0 aliphatic heterocycles. The molecule has 18 heavy (non-hydrogen) atoms. The van der Waals surface area contributed by atoms with Crippen LogP contribution in [0.2, 0.25) is 0 Å². The van der Waals surface area contributed by atoms with E-state index in [1.165, 1.54) is 6.07 Å². The second-order valence-electron chi connectivity index (χ2n) is 3.62. The molecular weight excluding hydrogens is 300 g/mol. The third-order valence-corrected chi connectivity index (χ3v) is 2.88. The molecule has 0 N–H and O–H groups in total. The van der Waals surface area contributed by atoms with E-state index in [4.69, 9.17) is 4.74 Å². The minimum atomic E-state index is -0.386. The smallest absolute Gasteiger partial charge is 0.293 e. The van der Waals surface area contributed by atoms with Crippen LogP contribution in [0, 0.1) is 10.1 Å². The van der Waals surface area contributed by atoms with Crippen molar-refractivity contribution >= 4 is 27.3 Å². The van der Waals surface area contributed by atoms with E-state index in [0.29, 0.717) is 29.9 Å². The second-order valence-corrected chi connectivity index (χ2v) is 4.53. The van der Waals surface area contributed by atoms with Gasteiger partial charge in [-0.3, -0.25) is 10.1 Å². The van der Waals surface area contributed by atoms with Crippen LogP contribution in [0.4, 0.5) is 11.4 Å². The van der Waals surface area contributed by atoms with E-state index in [0.717, 1.165) is 0 Å². The molecule has 1 aromatic carbocycles. The van der Waals surface area contributed by atoms with Crippen molar-refractivity contribution in [3.05, 3.63) is 45.4 Å². The summed E-state index contributed by atoms with van der Waals surface area (Å²) < 4.78 is 5.69. The number of hydrogen-bond donors (Lipinski definition) is 0. The lowest BCUT2D eigenvalue weighted by atomic mass is 10.2. The fourth-order valence-electron chi connectivity index (χ4n) is 1.58. The van der Waals surface area contributed by atoms with E-state index >= 15 is 0 Å². The standard InChI is InChI=1S/C12H15BrN2O3/c1-3-6-14(7-8-18-2)11-5-4-10(13)9-12(11)15(16)17/h3-5,9H,1,6-8H2,2H3. The van der Waals surface area contributed by atoms with E-state index in [-0.39, 0.29) is 10.6 Å². The van der Waals surface area contributed by atoms with Gasteiger partial charge < -0.3 is 9.64 Å². The molecule has 0 saturated carbocycles. The maximum absolute atomic E-state index is 11.1. The zero-order chi connectivity index (χ0) is 13.5. The molecule has 0 unspecified atom stereocenters. The molecule has 1 aromatic rings. The molecule has 0 atom stereocenters. The van der Waals surface area contributed by atoms with Crippen LogP contribution in [0.1, 0.15) is 0 Å². The molecule has 0 bridgehead atoms. The van der Waals surface area contributed by atoms with Gasteiger partial charge in [0.05, 0.1) is 11.5 Å². The van der Waals surface area contributed by atoms with Crippen LogP contribution in [0.15, 0.2) is 35.3 Å². The number of hydrogen-bond acceptors (Lipinski definition) is 4. The summed E-state index contributed by atoms with van der Waals surface area (Å²) in [5.41, 5.74) is 0.641. The van der Waals surface area contributed by atoms with E-state index in [9.17, 15) is 10.1 Å². The predicted molar refractivity (Wildman–Crippen MR) is 75.1 cm³/mol. The molecule has 0 spiro atoms. The van der Waals surface area contributed by atoms with Gasteiger partial charge in [-0.05, 0) is 12.1 Å². The van der Waals surface area contributed by atoms with Gasteiger partial charge in [0.25, 0.3) is 5.69 Å². The van der Waals surface area contributed by atoms with Gasteiger partial charge >= 0.3 is 0 Å². The van der Waals surface area contributed by atoms with Gasteiger partial charge in [-0.25, -0.2) is 0 Å². The molecule has 6 heteroatoms. The Balaban J connectivity index is 3.09. The summed E-state index contributed by atoms with van der Waals surface area (Å²) >= 11 is 3.24. The predicted octanol–water partition coefficient (Wildman–Crippen LogP) is 3.00. The average molecular weight is 315 g/mol. The number of halogens is 1. The summed E-state index contributed by atoms with van der Waals surface area (Å²) in [6, 6.07) is 5.00. The lowest BCUT2D eigenvalue weighted by Gasteiger charge is -2.22. The Morgan fingerprint density at radius 1 is 1.61 bits per heavy atom. The van der Waals surface area contributed by atoms with Gasteiger partial charge in [0.1, 0.15) is 5.69 Å². The van der Waals surface area contributed by atoms with Gasteiger partial charge in [0.2, 0.25) is 0 Å². The summed E-state index contributed by atoms with van der Waals surface area (Å²) in [5.74, 6) is 0. The molecule has 1 rings (SSSR count). The molecule has 0 heterocycles. The van der Waals surface area contributed by atoms with E-state index in [1.807, 2.05) is 4.90 Å². The van der Waals surface area contributed by atoms with Crippen molar-refractivity contribution in [2.45, 2.75) is 0 Å². The number of nitro groups is 1. The monoisotopic (exact) mass is 314 g/mol. The van der Waals surface area contributed by atoms with Crippen molar-refractivity contribution in [3.63, 3.8) is 0 Å². The topological polar surface area (TPSA) is 55.6 Å². The fourth-order valence-corrected chi connectivity index (χ4v) is 1.93. The van der Waals surface area contributed by atoms with Crippen molar-refractivity contribution in [1.29, 1.82) is 0 Å². The van der Waals surface area contributed by atoms with Crippen molar-refractivity contribution in [2.24, 2.45) is 0 Å². The van der Waals surface area contributed by atoms with Crippen LogP contribution in [-0.4, -0.2) is 31.7 Å². The van der Waals surface area contributed by atoms with Crippen molar-refractivity contribution in [1.82, 2.24) is 0 Å². The van der Waals surface area contributed by atoms with Gasteiger partial charge in [-0.1, -0.05) is 22.0 Å². The van der Waals surface area contributed by atoms with Crippen LogP contribution in [0.3, 0.4) is 0 Å². The molecule has 98 valence electrons. The average Bonchev–Trinajstić information content (AvgIpc) is 2.34. The third kappa shape index (κ3) is 3.82. The lowest BCUT2D eigenvalue weighted by molar-refractivity contribution is -0.384. The number of ether oxygens (including phenoxy) is 1. The summed E-state index contributed by atoms with van der Waals surface area (Å²) in [6.45, 7) is 5.27. The largest absolute Gasteiger partial charge is 0.383 e. The van der Waals surface area contributed by atoms with Crippen molar-refractivity contribution < 1.29 is 9.66 Å². The van der Waals surface area contributed by atoms with Crippen molar-refractivity contribution in [2.75, 3.05) is 31.7 Å². The van der Waals surface area contributed by atoms with Gasteiger partial charge in [-0.15, -0.1) is 6.58 Å². The van der Waals surface area contributed by atoms with E-state index in [2.05, 4.69) is 22.5 Å². The molecule has 0 saturated heterocycles. The summed E-state index contributed by atoms with van der Waals surface area (Å²) in [6.07, 6.45) is 1.71. The quantitative estimate of drug-likeness (QED) is 0.441. The Bertz CT molecular complexity index is 437. The van der Waals surface area contributed by atoms with Crippen molar-refractivity contribution in [3.8, 4) is 0 Å². The maximum Gasteiger partial charge on any atom is 0.293 e. The Kier molecular flexibility index (Phi) is 5.80. The summed E-state index contributed by atoms with van der Waals surface area (Å²) in [5, 5.41) is 11.1. The fraction of sp³-hybridized carbons (Fsp3) is 0.333. The minimum Gasteiger partial charge on any atom is -0.383 e. The molecule has 0 amide bonds. The Morgan fingerprint density at radius 2 is 2.33 bits per heavy atom. The Labute approximate surface area is 114 Å². The molecule has 0 radical (unpaired) electrons. The number of nitrogens with zero attached hydrogens (tertiary/aromatic N) is 2. The second kappa shape index (κ2) is 7.13. The maximum atomic E-state index is 11.1. The number of nitro benzene ring substituents is 1. The Morgan fingerprint density at radius 3 is 2.89 bits per heavy atom. The molecule has 0 fully saturated rings. The van der Waals surface area contributed by atoms with Crippen LogP contribution >= 0.6 is 15.9 Å². The minimum absolute atomic E-state index is 0.0716. The number of rotatable bonds is 7. The first kappa shape index (κ1) is 14.7. The van der Waals surface area contributed by atoms with Crippen LogP contribution in [0.5, 0.6) is 0 Å². The highest BCUT2D eigenvalue weighted by Gasteiger charge is 2.18. The number of methoxy groups -OCH3 is 1. The van der Waals surface area contributed by atoms with Gasteiger partial charge in [0, 0.05) is 30.7 Å². The zero-order valence-corrected chi connectivity index (χ0v) is 11.7. The third-order valence-electron chi connectivity index (χ3n) is 2.39.